The van der Waals surface area contributed by atoms with Gasteiger partial charge in [0.1, 0.15) is 11.5 Å². The largest absolute Gasteiger partial charge is 0.365 e. The standard InChI is InChI=1S/C15H20N6/c1-10-11(9-20(5)19-10)13-14(18-15(2,3)4)21-7-6-16-8-12(21)17-13/h6-9,18H,1-5H3. The zero-order valence-electron chi connectivity index (χ0n) is 13.0. The molecule has 3 rings (SSSR count). The summed E-state index contributed by atoms with van der Waals surface area (Å²) in [6.45, 7) is 8.40. The molecule has 0 aliphatic carbocycles. The molecule has 0 radical (unpaired) electrons. The van der Waals surface area contributed by atoms with Gasteiger partial charge < -0.3 is 5.32 Å². The molecule has 1 N–H and O–H groups in total. The van der Waals surface area contributed by atoms with Gasteiger partial charge in [0, 0.05) is 36.7 Å². The van der Waals surface area contributed by atoms with Crippen LogP contribution in [0.3, 0.4) is 0 Å². The van der Waals surface area contributed by atoms with Crippen molar-refractivity contribution in [2.45, 2.75) is 33.2 Å². The maximum atomic E-state index is 4.73. The van der Waals surface area contributed by atoms with Crippen LogP contribution < -0.4 is 5.32 Å². The first kappa shape index (κ1) is 13.6. The molecule has 110 valence electrons. The Kier molecular flexibility index (Phi) is 2.97. The van der Waals surface area contributed by atoms with Crippen LogP contribution in [-0.2, 0) is 7.05 Å². The van der Waals surface area contributed by atoms with Crippen LogP contribution >= 0.6 is 0 Å². The highest BCUT2D eigenvalue weighted by Crippen LogP contribution is 2.31. The fourth-order valence-electron chi connectivity index (χ4n) is 2.40. The fourth-order valence-corrected chi connectivity index (χ4v) is 2.40. The molecule has 0 saturated carbocycles. The Labute approximate surface area is 123 Å². The van der Waals surface area contributed by atoms with Crippen LogP contribution in [0.2, 0.25) is 0 Å². The first-order chi connectivity index (χ1) is 9.85. The van der Waals surface area contributed by atoms with Gasteiger partial charge >= 0.3 is 0 Å². The van der Waals surface area contributed by atoms with Crippen molar-refractivity contribution in [1.29, 1.82) is 0 Å². The normalized spacial score (nSPS) is 12.0. The van der Waals surface area contributed by atoms with Crippen LogP contribution in [0.4, 0.5) is 5.82 Å². The van der Waals surface area contributed by atoms with E-state index >= 15 is 0 Å². The topological polar surface area (TPSA) is 60.0 Å². The number of hydrogen-bond donors (Lipinski definition) is 1. The second-order valence-electron chi connectivity index (χ2n) is 6.29. The molecule has 0 amide bonds. The molecule has 3 heterocycles. The Morgan fingerprint density at radius 3 is 2.62 bits per heavy atom. The van der Waals surface area contributed by atoms with E-state index in [1.54, 1.807) is 12.4 Å². The summed E-state index contributed by atoms with van der Waals surface area (Å²) in [5.74, 6) is 0.969. The molecule has 3 aromatic rings. The number of rotatable bonds is 2. The summed E-state index contributed by atoms with van der Waals surface area (Å²) in [6.07, 6.45) is 7.45. The van der Waals surface area contributed by atoms with Crippen LogP contribution in [0.5, 0.6) is 0 Å². The van der Waals surface area contributed by atoms with Crippen LogP contribution in [0, 0.1) is 6.92 Å². The highest BCUT2D eigenvalue weighted by atomic mass is 15.3. The SMILES string of the molecule is Cc1nn(C)cc1-c1nc2cnccn2c1NC(C)(C)C. The monoisotopic (exact) mass is 284 g/mol. The summed E-state index contributed by atoms with van der Waals surface area (Å²) in [5.41, 5.74) is 3.66. The maximum Gasteiger partial charge on any atom is 0.157 e. The third-order valence-electron chi connectivity index (χ3n) is 3.19. The molecule has 21 heavy (non-hydrogen) atoms. The van der Waals surface area contributed by atoms with E-state index < -0.39 is 0 Å². The van der Waals surface area contributed by atoms with E-state index in [-0.39, 0.29) is 5.54 Å². The van der Waals surface area contributed by atoms with Gasteiger partial charge in [-0.05, 0) is 27.7 Å². The fraction of sp³-hybridized carbons (Fsp3) is 0.400. The van der Waals surface area contributed by atoms with Gasteiger partial charge in [-0.15, -0.1) is 0 Å². The molecule has 0 aromatic carbocycles. The van der Waals surface area contributed by atoms with Gasteiger partial charge in [-0.25, -0.2) is 4.98 Å². The van der Waals surface area contributed by atoms with Crippen LogP contribution in [-0.4, -0.2) is 29.7 Å². The van der Waals surface area contributed by atoms with Crippen molar-refractivity contribution in [1.82, 2.24) is 24.1 Å². The van der Waals surface area contributed by atoms with Gasteiger partial charge in [0.2, 0.25) is 0 Å². The summed E-state index contributed by atoms with van der Waals surface area (Å²) < 4.78 is 3.84. The van der Waals surface area contributed by atoms with Crippen LogP contribution in [0.1, 0.15) is 26.5 Å². The molecule has 0 unspecified atom stereocenters. The number of aryl methyl sites for hydroxylation is 2. The Balaban J connectivity index is 2.26. The van der Waals surface area contributed by atoms with E-state index in [1.165, 1.54) is 0 Å². The first-order valence-corrected chi connectivity index (χ1v) is 6.96. The van der Waals surface area contributed by atoms with E-state index in [9.17, 15) is 0 Å². The summed E-state index contributed by atoms with van der Waals surface area (Å²) in [4.78, 5) is 8.88. The number of imidazole rings is 1. The zero-order chi connectivity index (χ0) is 15.2. The Morgan fingerprint density at radius 1 is 1.24 bits per heavy atom. The van der Waals surface area contributed by atoms with Crippen molar-refractivity contribution in [2.75, 3.05) is 5.32 Å². The van der Waals surface area contributed by atoms with Gasteiger partial charge in [0.05, 0.1) is 11.9 Å². The Morgan fingerprint density at radius 2 is 2.00 bits per heavy atom. The number of nitrogens with one attached hydrogen (secondary N) is 1. The number of fused-ring (bicyclic) bond motifs is 1. The average molecular weight is 284 g/mol. The van der Waals surface area contributed by atoms with Crippen LogP contribution in [0.25, 0.3) is 16.9 Å². The van der Waals surface area contributed by atoms with Crippen molar-refractivity contribution in [2.24, 2.45) is 7.05 Å². The zero-order valence-corrected chi connectivity index (χ0v) is 13.0. The van der Waals surface area contributed by atoms with Crippen molar-refractivity contribution in [3.8, 4) is 11.3 Å². The smallest absolute Gasteiger partial charge is 0.157 e. The molecular weight excluding hydrogens is 264 g/mol. The molecule has 0 aliphatic rings. The third kappa shape index (κ3) is 2.49. The lowest BCUT2D eigenvalue weighted by atomic mass is 10.1. The molecule has 0 aliphatic heterocycles. The summed E-state index contributed by atoms with van der Waals surface area (Å²) in [5, 5.41) is 7.96. The van der Waals surface area contributed by atoms with E-state index in [2.05, 4.69) is 36.2 Å². The van der Waals surface area contributed by atoms with E-state index in [0.717, 1.165) is 28.4 Å². The number of nitrogens with zero attached hydrogens (tertiary/aromatic N) is 5. The van der Waals surface area contributed by atoms with E-state index in [0.29, 0.717) is 0 Å². The minimum Gasteiger partial charge on any atom is -0.365 e. The maximum absolute atomic E-state index is 4.73. The molecule has 0 fully saturated rings. The predicted octanol–water partition coefficient (Wildman–Crippen LogP) is 2.65. The number of aromatic nitrogens is 5. The van der Waals surface area contributed by atoms with Gasteiger partial charge in [0.15, 0.2) is 5.65 Å². The highest BCUT2D eigenvalue weighted by molar-refractivity contribution is 5.77. The van der Waals surface area contributed by atoms with Gasteiger partial charge in [0.25, 0.3) is 0 Å². The molecule has 6 heteroatoms. The lowest BCUT2D eigenvalue weighted by Gasteiger charge is -2.22. The van der Waals surface area contributed by atoms with Crippen molar-refractivity contribution >= 4 is 11.5 Å². The lowest BCUT2D eigenvalue weighted by Crippen LogP contribution is -2.27. The molecule has 6 nitrogen and oxygen atoms in total. The molecule has 0 atom stereocenters. The Hall–Kier alpha value is -2.37. The van der Waals surface area contributed by atoms with Crippen LogP contribution in [0.15, 0.2) is 24.8 Å². The van der Waals surface area contributed by atoms with E-state index in [4.69, 9.17) is 4.98 Å². The molecule has 0 spiro atoms. The third-order valence-corrected chi connectivity index (χ3v) is 3.19. The summed E-state index contributed by atoms with van der Waals surface area (Å²) in [7, 11) is 1.92. The molecule has 3 aromatic heterocycles. The second-order valence-corrected chi connectivity index (χ2v) is 6.29. The minimum absolute atomic E-state index is 0.0654. The first-order valence-electron chi connectivity index (χ1n) is 6.96. The number of hydrogen-bond acceptors (Lipinski definition) is 4. The lowest BCUT2D eigenvalue weighted by molar-refractivity contribution is 0.629. The quantitative estimate of drug-likeness (QED) is 0.786. The molecule has 0 saturated heterocycles. The average Bonchev–Trinajstić information content (AvgIpc) is 2.89. The van der Waals surface area contributed by atoms with E-state index in [1.807, 2.05) is 35.4 Å². The Bertz CT molecular complexity index is 790. The van der Waals surface area contributed by atoms with Crippen molar-refractivity contribution < 1.29 is 0 Å². The number of anilines is 1. The second kappa shape index (κ2) is 4.58. The van der Waals surface area contributed by atoms with Crippen molar-refractivity contribution in [3.05, 3.63) is 30.5 Å². The van der Waals surface area contributed by atoms with Crippen molar-refractivity contribution in [3.63, 3.8) is 0 Å². The minimum atomic E-state index is -0.0654. The molecule has 0 bridgehead atoms. The van der Waals surface area contributed by atoms with Gasteiger partial charge in [-0.2, -0.15) is 5.10 Å². The highest BCUT2D eigenvalue weighted by Gasteiger charge is 2.21. The van der Waals surface area contributed by atoms with Gasteiger partial charge in [-0.1, -0.05) is 0 Å². The molecular formula is C15H20N6. The van der Waals surface area contributed by atoms with Gasteiger partial charge in [-0.3, -0.25) is 14.1 Å². The summed E-state index contributed by atoms with van der Waals surface area (Å²) >= 11 is 0. The summed E-state index contributed by atoms with van der Waals surface area (Å²) in [6, 6.07) is 0. The predicted molar refractivity (Wildman–Crippen MR) is 83.3 cm³/mol.